The van der Waals surface area contributed by atoms with Crippen molar-refractivity contribution < 1.29 is 19.0 Å². The summed E-state index contributed by atoms with van der Waals surface area (Å²) in [5.41, 5.74) is 1.72. The minimum absolute atomic E-state index is 0.266. The van der Waals surface area contributed by atoms with Crippen LogP contribution in [-0.4, -0.2) is 26.1 Å². The summed E-state index contributed by atoms with van der Waals surface area (Å²) in [6.07, 6.45) is 0. The number of aliphatic imine (C=N–C) groups is 1. The molecule has 0 spiro atoms. The molecule has 0 aliphatic carbocycles. The number of hydrogen-bond donors (Lipinski definition) is 0. The highest BCUT2D eigenvalue weighted by atomic mass is 16.5. The van der Waals surface area contributed by atoms with Crippen LogP contribution < -0.4 is 9.47 Å². The topological polar surface area (TPSA) is 57.1 Å². The largest absolute Gasteiger partial charge is 0.493 e. The minimum atomic E-state index is -0.397. The highest BCUT2D eigenvalue weighted by Gasteiger charge is 2.27. The van der Waals surface area contributed by atoms with Crippen molar-refractivity contribution in [2.24, 2.45) is 4.99 Å². The molecule has 3 rings (SSSR count). The molecule has 0 fully saturated rings. The number of cyclic esters (lactones) is 1. The molecule has 0 atom stereocenters. The lowest BCUT2D eigenvalue weighted by Gasteiger charge is -2.09. The Hall–Kier alpha value is -2.82. The van der Waals surface area contributed by atoms with Gasteiger partial charge in [-0.25, -0.2) is 9.79 Å². The second-order valence-electron chi connectivity index (χ2n) is 4.36. The predicted octanol–water partition coefficient (Wildman–Crippen LogP) is 2.95. The van der Waals surface area contributed by atoms with Crippen molar-refractivity contribution in [2.75, 3.05) is 14.2 Å². The van der Waals surface area contributed by atoms with E-state index in [1.54, 1.807) is 43.5 Å². The van der Waals surface area contributed by atoms with Crippen LogP contribution in [-0.2, 0) is 4.74 Å². The summed E-state index contributed by atoms with van der Waals surface area (Å²) in [6, 6.07) is 12.5. The van der Waals surface area contributed by atoms with E-state index >= 15 is 0 Å². The number of rotatable bonds is 3. The molecule has 5 heteroatoms. The van der Waals surface area contributed by atoms with E-state index in [9.17, 15) is 4.79 Å². The molecule has 0 bridgehead atoms. The molecule has 0 saturated carbocycles. The zero-order valence-corrected chi connectivity index (χ0v) is 11.6. The lowest BCUT2D eigenvalue weighted by Crippen LogP contribution is -2.00. The van der Waals surface area contributed by atoms with Gasteiger partial charge in [0.1, 0.15) is 5.69 Å². The Balaban J connectivity index is 2.10. The third kappa shape index (κ3) is 2.23. The fourth-order valence-electron chi connectivity index (χ4n) is 2.20. The van der Waals surface area contributed by atoms with Gasteiger partial charge in [0.2, 0.25) is 5.90 Å². The number of carbonyl (C=O) groups excluding carboxylic acids is 1. The summed E-state index contributed by atoms with van der Waals surface area (Å²) < 4.78 is 15.8. The van der Waals surface area contributed by atoms with Crippen LogP contribution in [0.4, 0.5) is 5.69 Å². The van der Waals surface area contributed by atoms with Crippen molar-refractivity contribution in [1.29, 1.82) is 0 Å². The van der Waals surface area contributed by atoms with Gasteiger partial charge >= 0.3 is 5.97 Å². The Bertz CT molecular complexity index is 737. The lowest BCUT2D eigenvalue weighted by molar-refractivity contribution is 0.0737. The van der Waals surface area contributed by atoms with Crippen molar-refractivity contribution in [3.8, 4) is 11.5 Å². The van der Waals surface area contributed by atoms with Gasteiger partial charge in [-0.15, -0.1) is 0 Å². The second-order valence-corrected chi connectivity index (χ2v) is 4.36. The van der Waals surface area contributed by atoms with E-state index in [2.05, 4.69) is 4.99 Å². The first-order chi connectivity index (χ1) is 10.2. The number of fused-ring (bicyclic) bond motifs is 1. The van der Waals surface area contributed by atoms with Crippen LogP contribution in [0, 0.1) is 0 Å². The van der Waals surface area contributed by atoms with Gasteiger partial charge in [-0.2, -0.15) is 0 Å². The van der Waals surface area contributed by atoms with Gasteiger partial charge in [0.25, 0.3) is 0 Å². The number of para-hydroxylation sites is 1. The fraction of sp³-hybridized carbons (Fsp3) is 0.125. The SMILES string of the molecule is COc1cccc(N=C2OC(=O)c3ccccc32)c1OC. The number of esters is 1. The molecule has 5 nitrogen and oxygen atoms in total. The molecule has 0 amide bonds. The predicted molar refractivity (Wildman–Crippen MR) is 77.6 cm³/mol. The van der Waals surface area contributed by atoms with Gasteiger partial charge in [-0.3, -0.25) is 0 Å². The van der Waals surface area contributed by atoms with E-state index in [0.717, 1.165) is 0 Å². The maximum absolute atomic E-state index is 11.8. The van der Waals surface area contributed by atoms with E-state index in [1.807, 2.05) is 6.07 Å². The lowest BCUT2D eigenvalue weighted by atomic mass is 10.1. The molecule has 2 aromatic carbocycles. The maximum atomic E-state index is 11.8. The third-order valence-electron chi connectivity index (χ3n) is 3.17. The first kappa shape index (κ1) is 13.2. The van der Waals surface area contributed by atoms with Gasteiger partial charge in [0, 0.05) is 0 Å². The molecule has 106 valence electrons. The maximum Gasteiger partial charge on any atom is 0.345 e. The first-order valence-electron chi connectivity index (χ1n) is 6.36. The zero-order valence-electron chi connectivity index (χ0n) is 11.6. The molecule has 2 aromatic rings. The van der Waals surface area contributed by atoms with Crippen LogP contribution in [0.1, 0.15) is 15.9 Å². The number of carbonyl (C=O) groups is 1. The average Bonchev–Trinajstić information content (AvgIpc) is 2.84. The Labute approximate surface area is 121 Å². The normalized spacial score (nSPS) is 14.8. The number of hydrogen-bond acceptors (Lipinski definition) is 5. The smallest absolute Gasteiger partial charge is 0.345 e. The molecule has 0 N–H and O–H groups in total. The van der Waals surface area contributed by atoms with Crippen molar-refractivity contribution in [1.82, 2.24) is 0 Å². The molecule has 21 heavy (non-hydrogen) atoms. The van der Waals surface area contributed by atoms with Crippen molar-refractivity contribution in [2.45, 2.75) is 0 Å². The van der Waals surface area contributed by atoms with Crippen LogP contribution in [0.15, 0.2) is 47.5 Å². The molecule has 1 aliphatic heterocycles. The van der Waals surface area contributed by atoms with Gasteiger partial charge in [-0.05, 0) is 24.3 Å². The number of ether oxygens (including phenoxy) is 3. The van der Waals surface area contributed by atoms with E-state index in [1.165, 1.54) is 7.11 Å². The molecule has 0 aromatic heterocycles. The quantitative estimate of drug-likeness (QED) is 0.813. The van der Waals surface area contributed by atoms with Crippen LogP contribution in [0.3, 0.4) is 0 Å². The Morgan fingerprint density at radius 2 is 1.71 bits per heavy atom. The number of methoxy groups -OCH3 is 2. The summed E-state index contributed by atoms with van der Waals surface area (Å²) >= 11 is 0. The highest BCUT2D eigenvalue weighted by molar-refractivity contribution is 6.17. The average molecular weight is 283 g/mol. The molecule has 0 unspecified atom stereocenters. The summed E-state index contributed by atoms with van der Waals surface area (Å²) in [5, 5.41) is 0. The molecular weight excluding hydrogens is 270 g/mol. The van der Waals surface area contributed by atoms with Gasteiger partial charge < -0.3 is 14.2 Å². The Morgan fingerprint density at radius 1 is 0.952 bits per heavy atom. The van der Waals surface area contributed by atoms with Gasteiger partial charge in [-0.1, -0.05) is 18.2 Å². The molecular formula is C16H13NO4. The Morgan fingerprint density at radius 3 is 2.43 bits per heavy atom. The molecule has 1 heterocycles. The molecule has 1 aliphatic rings. The molecule has 0 radical (unpaired) electrons. The number of benzene rings is 2. The van der Waals surface area contributed by atoms with E-state index in [-0.39, 0.29) is 5.90 Å². The zero-order chi connectivity index (χ0) is 14.8. The van der Waals surface area contributed by atoms with Gasteiger partial charge in [0.05, 0.1) is 25.3 Å². The highest BCUT2D eigenvalue weighted by Crippen LogP contribution is 2.37. The minimum Gasteiger partial charge on any atom is -0.493 e. The second kappa shape index (κ2) is 5.28. The van der Waals surface area contributed by atoms with E-state index in [0.29, 0.717) is 28.3 Å². The van der Waals surface area contributed by atoms with Gasteiger partial charge in [0.15, 0.2) is 11.5 Å². The summed E-state index contributed by atoms with van der Waals surface area (Å²) in [6.45, 7) is 0. The summed E-state index contributed by atoms with van der Waals surface area (Å²) in [7, 11) is 3.09. The van der Waals surface area contributed by atoms with Crippen LogP contribution >= 0.6 is 0 Å². The number of nitrogens with zero attached hydrogens (tertiary/aromatic N) is 1. The van der Waals surface area contributed by atoms with Crippen molar-refractivity contribution in [3.63, 3.8) is 0 Å². The van der Waals surface area contributed by atoms with E-state index in [4.69, 9.17) is 14.2 Å². The van der Waals surface area contributed by atoms with Crippen LogP contribution in [0.5, 0.6) is 11.5 Å². The first-order valence-corrected chi connectivity index (χ1v) is 6.36. The molecule has 0 saturated heterocycles. The van der Waals surface area contributed by atoms with Crippen molar-refractivity contribution >= 4 is 17.6 Å². The standard InChI is InChI=1S/C16H13NO4/c1-19-13-9-5-8-12(14(13)20-2)17-15-10-6-3-4-7-11(10)16(18)21-15/h3-9H,1-2H3. The third-order valence-corrected chi connectivity index (χ3v) is 3.17. The monoisotopic (exact) mass is 283 g/mol. The fourth-order valence-corrected chi connectivity index (χ4v) is 2.20. The van der Waals surface area contributed by atoms with Crippen LogP contribution in [0.2, 0.25) is 0 Å². The van der Waals surface area contributed by atoms with Crippen molar-refractivity contribution in [3.05, 3.63) is 53.6 Å². The summed E-state index contributed by atoms with van der Waals surface area (Å²) in [4.78, 5) is 16.2. The summed E-state index contributed by atoms with van der Waals surface area (Å²) in [5.74, 6) is 0.929. The van der Waals surface area contributed by atoms with E-state index < -0.39 is 5.97 Å². The Kier molecular flexibility index (Phi) is 3.31. The van der Waals surface area contributed by atoms with Crippen LogP contribution in [0.25, 0.3) is 0 Å².